The zero-order valence-electron chi connectivity index (χ0n) is 12.1. The molecular weight excluding hydrogens is 266 g/mol. The summed E-state index contributed by atoms with van der Waals surface area (Å²) in [4.78, 5) is 16.8. The van der Waals surface area contributed by atoms with Gasteiger partial charge in [-0.15, -0.1) is 0 Å². The second kappa shape index (κ2) is 5.44. The van der Waals surface area contributed by atoms with E-state index in [2.05, 4.69) is 15.6 Å². The lowest BCUT2D eigenvalue weighted by Gasteiger charge is -2.21. The van der Waals surface area contributed by atoms with E-state index in [0.717, 1.165) is 23.6 Å². The van der Waals surface area contributed by atoms with Crippen LogP contribution >= 0.6 is 0 Å². The van der Waals surface area contributed by atoms with Gasteiger partial charge in [0.1, 0.15) is 6.61 Å². The monoisotopic (exact) mass is 283 g/mol. The number of anilines is 2. The molecule has 1 aromatic heterocycles. The van der Waals surface area contributed by atoms with Gasteiger partial charge in [0.2, 0.25) is 0 Å². The van der Waals surface area contributed by atoms with E-state index in [1.807, 2.05) is 38.1 Å². The van der Waals surface area contributed by atoms with Gasteiger partial charge in [0.25, 0.3) is 5.91 Å². The molecule has 3 rings (SSSR count). The van der Waals surface area contributed by atoms with Crippen molar-refractivity contribution in [1.29, 1.82) is 0 Å². The van der Waals surface area contributed by atoms with Crippen molar-refractivity contribution in [2.75, 3.05) is 23.8 Å². The van der Waals surface area contributed by atoms with Gasteiger partial charge in [-0.25, -0.2) is 0 Å². The zero-order valence-corrected chi connectivity index (χ0v) is 12.1. The van der Waals surface area contributed by atoms with Gasteiger partial charge < -0.3 is 15.4 Å². The van der Waals surface area contributed by atoms with Gasteiger partial charge in [-0.3, -0.25) is 9.78 Å². The fraction of sp³-hybridized carbons (Fsp3) is 0.250. The molecule has 0 aliphatic carbocycles. The lowest BCUT2D eigenvalue weighted by atomic mass is 10.1. The Morgan fingerprint density at radius 1 is 1.29 bits per heavy atom. The number of aryl methyl sites for hydroxylation is 2. The third kappa shape index (κ3) is 2.67. The number of hydrogen-bond acceptors (Lipinski definition) is 4. The van der Waals surface area contributed by atoms with Gasteiger partial charge in [0, 0.05) is 12.2 Å². The summed E-state index contributed by atoms with van der Waals surface area (Å²) in [7, 11) is 0. The van der Waals surface area contributed by atoms with Gasteiger partial charge in [-0.1, -0.05) is 6.07 Å². The first-order valence-corrected chi connectivity index (χ1v) is 6.90. The fourth-order valence-electron chi connectivity index (χ4n) is 2.36. The van der Waals surface area contributed by atoms with Crippen LogP contribution in [0.2, 0.25) is 0 Å². The highest BCUT2D eigenvalue weighted by atomic mass is 16.5. The van der Waals surface area contributed by atoms with E-state index < -0.39 is 0 Å². The van der Waals surface area contributed by atoms with Crippen LogP contribution in [0.15, 0.2) is 30.3 Å². The van der Waals surface area contributed by atoms with Gasteiger partial charge >= 0.3 is 0 Å². The smallest absolute Gasteiger partial charge is 0.259 e. The molecule has 0 spiro atoms. The summed E-state index contributed by atoms with van der Waals surface area (Å²) in [6, 6.07) is 9.25. The first-order valence-electron chi connectivity index (χ1n) is 6.90. The molecule has 21 heavy (non-hydrogen) atoms. The molecule has 2 N–H and O–H groups in total. The number of benzene rings is 1. The van der Waals surface area contributed by atoms with Crippen LogP contribution in [0.4, 0.5) is 11.4 Å². The predicted octanol–water partition coefficient (Wildman–Crippen LogP) is 2.76. The minimum Gasteiger partial charge on any atom is -0.489 e. The normalized spacial score (nSPS) is 12.9. The minimum atomic E-state index is -0.190. The summed E-state index contributed by atoms with van der Waals surface area (Å²) in [5.74, 6) is 0.420. The number of hydrogen-bond donors (Lipinski definition) is 2. The number of carbonyl (C=O) groups excluding carboxylic acids is 1. The van der Waals surface area contributed by atoms with Crippen LogP contribution < -0.4 is 15.4 Å². The van der Waals surface area contributed by atoms with Gasteiger partial charge in [0.05, 0.1) is 22.6 Å². The Balaban J connectivity index is 1.89. The molecule has 2 aromatic rings. The Morgan fingerprint density at radius 2 is 2.14 bits per heavy atom. The van der Waals surface area contributed by atoms with Crippen molar-refractivity contribution in [3.8, 4) is 5.75 Å². The van der Waals surface area contributed by atoms with E-state index >= 15 is 0 Å². The van der Waals surface area contributed by atoms with E-state index in [-0.39, 0.29) is 5.91 Å². The molecule has 0 atom stereocenters. The van der Waals surface area contributed by atoms with Crippen molar-refractivity contribution in [1.82, 2.24) is 4.98 Å². The van der Waals surface area contributed by atoms with Gasteiger partial charge in [-0.2, -0.15) is 0 Å². The molecule has 1 amide bonds. The summed E-state index contributed by atoms with van der Waals surface area (Å²) in [5.41, 5.74) is 3.82. The van der Waals surface area contributed by atoms with Crippen LogP contribution in [-0.4, -0.2) is 24.0 Å². The minimum absolute atomic E-state index is 0.190. The summed E-state index contributed by atoms with van der Waals surface area (Å²) in [5, 5.41) is 6.12. The molecule has 1 aromatic carbocycles. The van der Waals surface area contributed by atoms with Crippen molar-refractivity contribution in [2.45, 2.75) is 13.8 Å². The van der Waals surface area contributed by atoms with E-state index in [9.17, 15) is 4.79 Å². The standard InChI is InChI=1S/C16H17N3O2/c1-10-6-7-13(11(2)18-10)19-16(20)12-4-3-5-14-15(12)21-9-8-17-14/h3-7,17H,8-9H2,1-2H3,(H,19,20). The number of aromatic nitrogens is 1. The van der Waals surface area contributed by atoms with Crippen LogP contribution in [0.5, 0.6) is 5.75 Å². The predicted molar refractivity (Wildman–Crippen MR) is 82.1 cm³/mol. The quantitative estimate of drug-likeness (QED) is 0.889. The number of fused-ring (bicyclic) bond motifs is 1. The zero-order chi connectivity index (χ0) is 14.8. The Bertz CT molecular complexity index is 698. The molecule has 5 heteroatoms. The lowest BCUT2D eigenvalue weighted by molar-refractivity contribution is 0.102. The summed E-state index contributed by atoms with van der Waals surface area (Å²) in [6.07, 6.45) is 0. The van der Waals surface area contributed by atoms with Gasteiger partial charge in [0.15, 0.2) is 5.75 Å². The SMILES string of the molecule is Cc1ccc(NC(=O)c2cccc3c2OCCN3)c(C)n1. The largest absolute Gasteiger partial charge is 0.489 e. The van der Waals surface area contributed by atoms with Crippen molar-refractivity contribution in [3.63, 3.8) is 0 Å². The maximum Gasteiger partial charge on any atom is 0.259 e. The van der Waals surface area contributed by atoms with Crippen molar-refractivity contribution >= 4 is 17.3 Å². The van der Waals surface area contributed by atoms with Crippen LogP contribution in [0.1, 0.15) is 21.7 Å². The van der Waals surface area contributed by atoms with E-state index in [1.54, 1.807) is 6.07 Å². The third-order valence-corrected chi connectivity index (χ3v) is 3.40. The molecule has 0 saturated carbocycles. The van der Waals surface area contributed by atoms with Crippen LogP contribution in [-0.2, 0) is 0 Å². The third-order valence-electron chi connectivity index (χ3n) is 3.40. The second-order valence-electron chi connectivity index (χ2n) is 5.00. The number of amides is 1. The Morgan fingerprint density at radius 3 is 2.95 bits per heavy atom. The molecular formula is C16H17N3O2. The van der Waals surface area contributed by atoms with Crippen LogP contribution in [0.3, 0.4) is 0 Å². The molecule has 1 aliphatic heterocycles. The Hall–Kier alpha value is -2.56. The molecule has 5 nitrogen and oxygen atoms in total. The summed E-state index contributed by atoms with van der Waals surface area (Å²) >= 11 is 0. The average Bonchev–Trinajstić information content (AvgIpc) is 2.49. The number of rotatable bonds is 2. The van der Waals surface area contributed by atoms with E-state index in [4.69, 9.17) is 4.74 Å². The number of para-hydroxylation sites is 1. The molecule has 1 aliphatic rings. The summed E-state index contributed by atoms with van der Waals surface area (Å²) < 4.78 is 5.62. The molecule has 0 fully saturated rings. The van der Waals surface area contributed by atoms with Crippen molar-refractivity contribution < 1.29 is 9.53 Å². The first-order chi connectivity index (χ1) is 10.1. The molecule has 2 heterocycles. The van der Waals surface area contributed by atoms with Crippen molar-refractivity contribution in [2.24, 2.45) is 0 Å². The van der Waals surface area contributed by atoms with Crippen LogP contribution in [0.25, 0.3) is 0 Å². The Labute approximate surface area is 123 Å². The van der Waals surface area contributed by atoms with E-state index in [0.29, 0.717) is 23.6 Å². The average molecular weight is 283 g/mol. The number of ether oxygens (including phenoxy) is 1. The molecule has 108 valence electrons. The molecule has 0 saturated heterocycles. The highest BCUT2D eigenvalue weighted by Gasteiger charge is 2.19. The fourth-order valence-corrected chi connectivity index (χ4v) is 2.36. The lowest BCUT2D eigenvalue weighted by Crippen LogP contribution is -2.22. The first kappa shape index (κ1) is 13.4. The van der Waals surface area contributed by atoms with Crippen LogP contribution in [0, 0.1) is 13.8 Å². The number of nitrogens with one attached hydrogen (secondary N) is 2. The number of nitrogens with zero attached hydrogens (tertiary/aromatic N) is 1. The highest BCUT2D eigenvalue weighted by molar-refractivity contribution is 6.07. The maximum absolute atomic E-state index is 12.5. The second-order valence-corrected chi connectivity index (χ2v) is 5.00. The topological polar surface area (TPSA) is 63.2 Å². The Kier molecular flexibility index (Phi) is 3.48. The highest BCUT2D eigenvalue weighted by Crippen LogP contribution is 2.31. The maximum atomic E-state index is 12.5. The number of pyridine rings is 1. The number of carbonyl (C=O) groups is 1. The van der Waals surface area contributed by atoms with E-state index in [1.165, 1.54) is 0 Å². The summed E-state index contributed by atoms with van der Waals surface area (Å²) in [6.45, 7) is 5.11. The van der Waals surface area contributed by atoms with Gasteiger partial charge in [-0.05, 0) is 38.1 Å². The molecule has 0 radical (unpaired) electrons. The molecule has 0 bridgehead atoms. The van der Waals surface area contributed by atoms with Crippen molar-refractivity contribution in [3.05, 3.63) is 47.3 Å². The molecule has 0 unspecified atom stereocenters.